The second kappa shape index (κ2) is 17.0. The summed E-state index contributed by atoms with van der Waals surface area (Å²) in [5, 5.41) is 5.76. The molecule has 0 fully saturated rings. The standard InChI is InChI=1S/C60H49NO2/c1-5-18-45(23-16-22-41-20-10-8-9-11-21-41)61-52(7-3)48(19-6-2)60-53(61)36-35-43(34-31-42-32-37-56-51(38-42)47-24-12-14-27-54(47)62-56)58(60)50-39-44(33-30-40(50)4)46-26-17-29-57-59(46)49-25-13-15-28-55(49)63-57/h5-20,23-30,32-33,35-39H,1,3,21-22,31,34H2,2,4H3/b19-6-,23-16-,45-18+. The number of furan rings is 2. The summed E-state index contributed by atoms with van der Waals surface area (Å²) in [4.78, 5) is 0. The van der Waals surface area contributed by atoms with E-state index in [1.54, 1.807) is 0 Å². The molecular formula is C60H49NO2. The van der Waals surface area contributed by atoms with E-state index in [4.69, 9.17) is 8.83 Å². The van der Waals surface area contributed by atoms with E-state index in [9.17, 15) is 0 Å². The minimum atomic E-state index is 0.843. The van der Waals surface area contributed by atoms with Gasteiger partial charge in [-0.1, -0.05) is 146 Å². The van der Waals surface area contributed by atoms with Gasteiger partial charge in [0, 0.05) is 38.2 Å². The van der Waals surface area contributed by atoms with Gasteiger partial charge >= 0.3 is 0 Å². The van der Waals surface area contributed by atoms with Crippen LogP contribution in [-0.2, 0) is 12.8 Å². The first-order valence-corrected chi connectivity index (χ1v) is 21.9. The average molecular weight is 816 g/mol. The van der Waals surface area contributed by atoms with Crippen LogP contribution in [0.15, 0.2) is 204 Å². The first kappa shape index (κ1) is 39.5. The van der Waals surface area contributed by atoms with Crippen LogP contribution in [0.25, 0.3) is 94.9 Å². The third kappa shape index (κ3) is 7.26. The quantitative estimate of drug-likeness (QED) is 0.115. The summed E-state index contributed by atoms with van der Waals surface area (Å²) in [6, 6.07) is 41.3. The van der Waals surface area contributed by atoms with E-state index in [0.717, 1.165) is 103 Å². The predicted octanol–water partition coefficient (Wildman–Crippen LogP) is 17.0. The highest BCUT2D eigenvalue weighted by molar-refractivity contribution is 6.13. The van der Waals surface area contributed by atoms with Crippen molar-refractivity contribution in [1.29, 1.82) is 0 Å². The summed E-state index contributed by atoms with van der Waals surface area (Å²) in [5.74, 6) is 0. The van der Waals surface area contributed by atoms with Crippen LogP contribution < -0.4 is 0 Å². The van der Waals surface area contributed by atoms with Crippen LogP contribution in [0.2, 0.25) is 0 Å². The summed E-state index contributed by atoms with van der Waals surface area (Å²) >= 11 is 0. The highest BCUT2D eigenvalue weighted by Gasteiger charge is 2.23. The van der Waals surface area contributed by atoms with Gasteiger partial charge in [0.1, 0.15) is 22.3 Å². The highest BCUT2D eigenvalue weighted by atomic mass is 16.3. The molecule has 0 spiro atoms. The molecule has 1 aliphatic carbocycles. The third-order valence-corrected chi connectivity index (χ3v) is 12.5. The van der Waals surface area contributed by atoms with E-state index in [2.05, 4.69) is 189 Å². The van der Waals surface area contributed by atoms with Crippen molar-refractivity contribution in [3.8, 4) is 22.3 Å². The van der Waals surface area contributed by atoms with Crippen molar-refractivity contribution in [1.82, 2.24) is 4.57 Å². The molecule has 0 N–H and O–H groups in total. The number of aryl methyl sites for hydroxylation is 3. The number of rotatable bonds is 12. The number of fused-ring (bicyclic) bond motifs is 7. The van der Waals surface area contributed by atoms with Crippen LogP contribution in [0.1, 0.15) is 47.7 Å². The lowest BCUT2D eigenvalue weighted by Gasteiger charge is -2.18. The number of aromatic nitrogens is 1. The average Bonchev–Trinajstić information content (AvgIpc) is 3.90. The highest BCUT2D eigenvalue weighted by Crippen LogP contribution is 2.44. The molecule has 0 aliphatic heterocycles. The monoisotopic (exact) mass is 815 g/mol. The molecule has 3 nitrogen and oxygen atoms in total. The Labute approximate surface area is 369 Å². The fourth-order valence-electron chi connectivity index (χ4n) is 9.51. The number of nitrogens with zero attached hydrogens (tertiary/aromatic N) is 1. The van der Waals surface area contributed by atoms with Crippen LogP contribution >= 0.6 is 0 Å². The van der Waals surface area contributed by atoms with Crippen LogP contribution in [0.4, 0.5) is 0 Å². The maximum absolute atomic E-state index is 6.38. The minimum Gasteiger partial charge on any atom is -0.456 e. The second-order valence-electron chi connectivity index (χ2n) is 16.3. The smallest absolute Gasteiger partial charge is 0.136 e. The van der Waals surface area contributed by atoms with Crippen molar-refractivity contribution in [2.24, 2.45) is 0 Å². The van der Waals surface area contributed by atoms with Gasteiger partial charge in [-0.3, -0.25) is 0 Å². The van der Waals surface area contributed by atoms with Gasteiger partial charge < -0.3 is 13.4 Å². The zero-order valence-corrected chi connectivity index (χ0v) is 35.9. The van der Waals surface area contributed by atoms with Gasteiger partial charge in [0.2, 0.25) is 0 Å². The Kier molecular flexibility index (Phi) is 10.7. The van der Waals surface area contributed by atoms with E-state index in [-0.39, 0.29) is 0 Å². The molecule has 63 heavy (non-hydrogen) atoms. The van der Waals surface area contributed by atoms with Crippen molar-refractivity contribution in [3.05, 3.63) is 223 Å². The summed E-state index contributed by atoms with van der Waals surface area (Å²) in [5.41, 5.74) is 17.9. The predicted molar refractivity (Wildman–Crippen MR) is 270 cm³/mol. The Morgan fingerprint density at radius 3 is 2.35 bits per heavy atom. The van der Waals surface area contributed by atoms with Crippen molar-refractivity contribution in [2.45, 2.75) is 39.5 Å². The van der Waals surface area contributed by atoms with Gasteiger partial charge in [0.15, 0.2) is 0 Å². The molecule has 0 bridgehead atoms. The first-order chi connectivity index (χ1) is 31.0. The molecule has 3 aromatic heterocycles. The van der Waals surface area contributed by atoms with Gasteiger partial charge in [0.05, 0.1) is 11.2 Å². The minimum absolute atomic E-state index is 0.843. The van der Waals surface area contributed by atoms with Gasteiger partial charge in [0.25, 0.3) is 0 Å². The van der Waals surface area contributed by atoms with Gasteiger partial charge in [-0.05, 0) is 139 Å². The molecule has 0 atom stereocenters. The van der Waals surface area contributed by atoms with Gasteiger partial charge in [-0.25, -0.2) is 0 Å². The first-order valence-electron chi connectivity index (χ1n) is 21.9. The summed E-state index contributed by atoms with van der Waals surface area (Å²) in [6.45, 7) is 12.9. The van der Waals surface area contributed by atoms with Crippen molar-refractivity contribution >= 4 is 72.6 Å². The molecule has 0 unspecified atom stereocenters. The van der Waals surface area contributed by atoms with Gasteiger partial charge in [-0.2, -0.15) is 0 Å². The third-order valence-electron chi connectivity index (χ3n) is 12.5. The fourth-order valence-corrected chi connectivity index (χ4v) is 9.51. The van der Waals surface area contributed by atoms with E-state index >= 15 is 0 Å². The SMILES string of the molecule is C=C/C=C(\C=C/CC1=CC=CC=CC1)n1c(C=C)c(/C=C\C)c2c(-c3cc(-c4cccc5oc6ccccc6c45)ccc3C)c(CCc3ccc4oc5ccccc5c4c3)ccc21. The van der Waals surface area contributed by atoms with Gasteiger partial charge in [-0.15, -0.1) is 0 Å². The Morgan fingerprint density at radius 2 is 1.51 bits per heavy atom. The van der Waals surface area contributed by atoms with Crippen molar-refractivity contribution in [3.63, 3.8) is 0 Å². The molecule has 306 valence electrons. The zero-order valence-electron chi connectivity index (χ0n) is 35.9. The molecule has 1 aliphatic rings. The van der Waals surface area contributed by atoms with Crippen LogP contribution in [-0.4, -0.2) is 4.57 Å². The molecule has 10 rings (SSSR count). The Hall–Kier alpha value is -7.62. The maximum Gasteiger partial charge on any atom is 0.136 e. The largest absolute Gasteiger partial charge is 0.456 e. The molecule has 3 heterocycles. The lowest BCUT2D eigenvalue weighted by Crippen LogP contribution is -2.00. The molecule has 0 saturated heterocycles. The Bertz CT molecular complexity index is 3450. The lowest BCUT2D eigenvalue weighted by molar-refractivity contribution is 0.668. The normalized spacial score (nSPS) is 13.4. The number of hydrogen-bond acceptors (Lipinski definition) is 2. The van der Waals surface area contributed by atoms with Crippen LogP contribution in [0, 0.1) is 6.92 Å². The molecule has 3 heteroatoms. The fraction of sp³-hybridized carbons (Fsp3) is 0.100. The Morgan fingerprint density at radius 1 is 0.714 bits per heavy atom. The second-order valence-corrected chi connectivity index (χ2v) is 16.3. The van der Waals surface area contributed by atoms with Crippen molar-refractivity contribution < 1.29 is 8.83 Å². The van der Waals surface area contributed by atoms with E-state index in [1.807, 2.05) is 30.4 Å². The van der Waals surface area contributed by atoms with E-state index in [1.165, 1.54) is 38.8 Å². The van der Waals surface area contributed by atoms with Crippen LogP contribution in [0.5, 0.6) is 0 Å². The van der Waals surface area contributed by atoms with E-state index < -0.39 is 0 Å². The zero-order chi connectivity index (χ0) is 42.9. The summed E-state index contributed by atoms with van der Waals surface area (Å²) in [6.07, 6.45) is 29.2. The number of hydrogen-bond donors (Lipinski definition) is 0. The number of benzene rings is 6. The number of para-hydroxylation sites is 2. The molecule has 0 amide bonds. The molecule has 0 radical (unpaired) electrons. The van der Waals surface area contributed by atoms with Crippen molar-refractivity contribution in [2.75, 3.05) is 0 Å². The maximum atomic E-state index is 6.38. The molecule has 9 aromatic rings. The summed E-state index contributed by atoms with van der Waals surface area (Å²) < 4.78 is 15.0. The number of allylic oxidation sites excluding steroid dienone is 12. The molecular weight excluding hydrogens is 767 g/mol. The topological polar surface area (TPSA) is 31.2 Å². The summed E-state index contributed by atoms with van der Waals surface area (Å²) in [7, 11) is 0. The molecule has 6 aromatic carbocycles. The Balaban J connectivity index is 1.18. The van der Waals surface area contributed by atoms with Crippen LogP contribution in [0.3, 0.4) is 0 Å². The van der Waals surface area contributed by atoms with E-state index in [0.29, 0.717) is 0 Å². The molecule has 0 saturated carbocycles. The lowest BCUT2D eigenvalue weighted by atomic mass is 9.86.